The number of anilines is 1. The van der Waals surface area contributed by atoms with Gasteiger partial charge in [0.25, 0.3) is 0 Å². The molecule has 1 aliphatic heterocycles. The van der Waals surface area contributed by atoms with Crippen LogP contribution in [0.5, 0.6) is 5.88 Å². The predicted molar refractivity (Wildman–Crippen MR) is 125 cm³/mol. The SMILES string of the molecule is CCCCCCCSc1nnc2c(n1)O[C@@H](c1ccc(C(=O)O)cc1)Nc1ccccc1-2. The summed E-state index contributed by atoms with van der Waals surface area (Å²) in [4.78, 5) is 15.9. The third-order valence-electron chi connectivity index (χ3n) is 5.27. The first-order valence-corrected chi connectivity index (χ1v) is 11.9. The van der Waals surface area contributed by atoms with E-state index in [1.807, 2.05) is 24.3 Å². The largest absolute Gasteiger partial charge is 0.478 e. The Morgan fingerprint density at radius 1 is 1.06 bits per heavy atom. The summed E-state index contributed by atoms with van der Waals surface area (Å²) in [5.74, 6) is 0.396. The quantitative estimate of drug-likeness (QED) is 0.312. The zero-order chi connectivity index (χ0) is 22.3. The van der Waals surface area contributed by atoms with E-state index in [-0.39, 0.29) is 5.56 Å². The number of aromatic carboxylic acids is 1. The van der Waals surface area contributed by atoms with Gasteiger partial charge in [0, 0.05) is 22.6 Å². The number of para-hydroxylation sites is 1. The van der Waals surface area contributed by atoms with E-state index in [1.54, 1.807) is 36.0 Å². The van der Waals surface area contributed by atoms with E-state index >= 15 is 0 Å². The summed E-state index contributed by atoms with van der Waals surface area (Å²) >= 11 is 1.59. The summed E-state index contributed by atoms with van der Waals surface area (Å²) in [5.41, 5.74) is 3.32. The van der Waals surface area contributed by atoms with Crippen LogP contribution < -0.4 is 10.1 Å². The number of carbonyl (C=O) groups is 1. The molecule has 0 spiro atoms. The summed E-state index contributed by atoms with van der Waals surface area (Å²) in [5, 5.41) is 21.9. The first kappa shape index (κ1) is 22.1. The van der Waals surface area contributed by atoms with Gasteiger partial charge >= 0.3 is 5.97 Å². The van der Waals surface area contributed by atoms with Gasteiger partial charge in [-0.3, -0.25) is 0 Å². The number of nitrogens with one attached hydrogen (secondary N) is 1. The summed E-state index contributed by atoms with van der Waals surface area (Å²) in [6, 6.07) is 14.4. The van der Waals surface area contributed by atoms with Crippen LogP contribution in [0, 0.1) is 0 Å². The van der Waals surface area contributed by atoms with Crippen LogP contribution >= 0.6 is 11.8 Å². The number of thioether (sulfide) groups is 1. The number of nitrogens with zero attached hydrogens (tertiary/aromatic N) is 3. The second-order valence-corrected chi connectivity index (χ2v) is 8.69. The average Bonchev–Trinajstić information content (AvgIpc) is 2.98. The molecule has 0 saturated carbocycles. The van der Waals surface area contributed by atoms with Crippen molar-refractivity contribution in [1.29, 1.82) is 0 Å². The Balaban J connectivity index is 1.57. The van der Waals surface area contributed by atoms with E-state index < -0.39 is 12.2 Å². The molecule has 0 amide bonds. The minimum atomic E-state index is -0.963. The van der Waals surface area contributed by atoms with Crippen LogP contribution in [-0.4, -0.2) is 32.0 Å². The van der Waals surface area contributed by atoms with Crippen LogP contribution in [0.4, 0.5) is 5.69 Å². The van der Waals surface area contributed by atoms with Crippen molar-refractivity contribution in [3.05, 3.63) is 59.7 Å². The highest BCUT2D eigenvalue weighted by Gasteiger charge is 2.26. The predicted octanol–water partition coefficient (Wildman–Crippen LogP) is 5.80. The van der Waals surface area contributed by atoms with Crippen LogP contribution in [0.25, 0.3) is 11.3 Å². The maximum atomic E-state index is 11.2. The molecular weight excluding hydrogens is 424 g/mol. The van der Waals surface area contributed by atoms with Gasteiger partial charge < -0.3 is 15.2 Å². The van der Waals surface area contributed by atoms with Gasteiger partial charge in [-0.05, 0) is 24.6 Å². The number of aromatic nitrogens is 3. The normalized spacial score (nSPS) is 14.5. The molecule has 4 rings (SSSR count). The van der Waals surface area contributed by atoms with Crippen LogP contribution in [0.1, 0.15) is 61.2 Å². The monoisotopic (exact) mass is 450 g/mol. The number of ether oxygens (including phenoxy) is 1. The Morgan fingerprint density at radius 3 is 2.62 bits per heavy atom. The van der Waals surface area contributed by atoms with E-state index in [0.717, 1.165) is 29.0 Å². The Labute approximate surface area is 191 Å². The van der Waals surface area contributed by atoms with E-state index in [9.17, 15) is 9.90 Å². The van der Waals surface area contributed by atoms with Gasteiger partial charge in [-0.2, -0.15) is 4.98 Å². The number of rotatable bonds is 9. The van der Waals surface area contributed by atoms with E-state index in [2.05, 4.69) is 27.4 Å². The lowest BCUT2D eigenvalue weighted by atomic mass is 10.1. The minimum Gasteiger partial charge on any atom is -0.478 e. The third-order valence-corrected chi connectivity index (χ3v) is 6.20. The molecule has 7 nitrogen and oxygen atoms in total. The number of hydrogen-bond donors (Lipinski definition) is 2. The van der Waals surface area contributed by atoms with Gasteiger partial charge in [-0.1, -0.05) is 74.7 Å². The lowest BCUT2D eigenvalue weighted by Crippen LogP contribution is -2.17. The fraction of sp³-hybridized carbons (Fsp3) is 0.333. The molecule has 0 bridgehead atoms. The number of carboxylic acids is 1. The molecule has 2 heterocycles. The summed E-state index contributed by atoms with van der Waals surface area (Å²) in [6.07, 6.45) is 5.56. The van der Waals surface area contributed by atoms with Gasteiger partial charge in [0.1, 0.15) is 0 Å². The van der Waals surface area contributed by atoms with Crippen molar-refractivity contribution in [2.24, 2.45) is 0 Å². The first-order chi connectivity index (χ1) is 15.7. The molecule has 0 aliphatic carbocycles. The molecule has 0 unspecified atom stereocenters. The highest BCUT2D eigenvalue weighted by molar-refractivity contribution is 7.99. The molecule has 32 heavy (non-hydrogen) atoms. The summed E-state index contributed by atoms with van der Waals surface area (Å²) in [7, 11) is 0. The lowest BCUT2D eigenvalue weighted by Gasteiger charge is -2.19. The molecule has 0 radical (unpaired) electrons. The Morgan fingerprint density at radius 2 is 1.84 bits per heavy atom. The Kier molecular flexibility index (Phi) is 7.21. The zero-order valence-corrected chi connectivity index (χ0v) is 18.8. The van der Waals surface area contributed by atoms with Crippen LogP contribution in [0.3, 0.4) is 0 Å². The van der Waals surface area contributed by atoms with Crippen molar-refractivity contribution in [3.63, 3.8) is 0 Å². The second kappa shape index (κ2) is 10.5. The molecule has 1 atom stereocenters. The van der Waals surface area contributed by atoms with Crippen molar-refractivity contribution < 1.29 is 14.6 Å². The molecule has 0 fully saturated rings. The van der Waals surface area contributed by atoms with Gasteiger partial charge in [-0.25, -0.2) is 4.79 Å². The zero-order valence-electron chi connectivity index (χ0n) is 18.0. The van der Waals surface area contributed by atoms with E-state index in [0.29, 0.717) is 16.7 Å². The number of unbranched alkanes of at least 4 members (excludes halogenated alkanes) is 4. The number of carboxylic acid groups (broad SMARTS) is 1. The van der Waals surface area contributed by atoms with Crippen molar-refractivity contribution >= 4 is 23.4 Å². The van der Waals surface area contributed by atoms with Crippen molar-refractivity contribution in [1.82, 2.24) is 15.2 Å². The lowest BCUT2D eigenvalue weighted by molar-refractivity contribution is 0.0696. The maximum Gasteiger partial charge on any atom is 0.335 e. The number of benzene rings is 2. The highest BCUT2D eigenvalue weighted by Crippen LogP contribution is 2.39. The first-order valence-electron chi connectivity index (χ1n) is 10.9. The maximum absolute atomic E-state index is 11.2. The molecule has 1 aliphatic rings. The molecule has 1 aromatic heterocycles. The Hall–Kier alpha value is -3.13. The van der Waals surface area contributed by atoms with E-state index in [1.165, 1.54) is 25.7 Å². The molecule has 8 heteroatoms. The van der Waals surface area contributed by atoms with Crippen molar-refractivity contribution in [2.75, 3.05) is 11.1 Å². The van der Waals surface area contributed by atoms with Crippen LogP contribution in [0.15, 0.2) is 53.7 Å². The molecule has 166 valence electrons. The summed E-state index contributed by atoms with van der Waals surface area (Å²) in [6.45, 7) is 2.21. The standard InChI is InChI=1S/C24H26N4O3S/c1-2-3-4-5-8-15-32-24-26-22-20(27-28-24)18-9-6-7-10-19(18)25-21(31-22)16-11-13-17(14-12-16)23(29)30/h6-7,9-14,21,25H,2-5,8,15H2,1H3,(H,29,30)/t21-/m0/s1. The molecule has 3 aromatic rings. The van der Waals surface area contributed by atoms with Crippen molar-refractivity contribution in [2.45, 2.75) is 50.4 Å². The minimum absolute atomic E-state index is 0.227. The van der Waals surface area contributed by atoms with Crippen molar-refractivity contribution in [3.8, 4) is 17.1 Å². The average molecular weight is 451 g/mol. The van der Waals surface area contributed by atoms with Gasteiger partial charge in [0.05, 0.1) is 5.56 Å². The Bertz CT molecular complexity index is 1080. The number of fused-ring (bicyclic) bond motifs is 3. The smallest absolute Gasteiger partial charge is 0.335 e. The summed E-state index contributed by atoms with van der Waals surface area (Å²) < 4.78 is 6.24. The molecule has 0 saturated heterocycles. The van der Waals surface area contributed by atoms with Gasteiger partial charge in [-0.15, -0.1) is 10.2 Å². The molecule has 2 N–H and O–H groups in total. The van der Waals surface area contributed by atoms with Gasteiger partial charge in [0.2, 0.25) is 11.0 Å². The second-order valence-electron chi connectivity index (χ2n) is 7.63. The molecule has 2 aromatic carbocycles. The van der Waals surface area contributed by atoms with E-state index in [4.69, 9.17) is 4.74 Å². The highest BCUT2D eigenvalue weighted by atomic mass is 32.2. The topological polar surface area (TPSA) is 97.2 Å². The fourth-order valence-electron chi connectivity index (χ4n) is 3.53. The van der Waals surface area contributed by atoms with Gasteiger partial charge in [0.15, 0.2) is 11.9 Å². The van der Waals surface area contributed by atoms with Crippen LogP contribution in [0.2, 0.25) is 0 Å². The molecular formula is C24H26N4O3S. The number of hydrogen-bond acceptors (Lipinski definition) is 7. The third kappa shape index (κ3) is 5.19. The van der Waals surface area contributed by atoms with Crippen LogP contribution in [-0.2, 0) is 0 Å². The fourth-order valence-corrected chi connectivity index (χ4v) is 4.31.